The Bertz CT molecular complexity index is 376. The summed E-state index contributed by atoms with van der Waals surface area (Å²) in [6.07, 6.45) is 2.31. The van der Waals surface area contributed by atoms with Crippen LogP contribution in [0.15, 0.2) is 22.7 Å². The van der Waals surface area contributed by atoms with E-state index in [0.29, 0.717) is 10.5 Å². The predicted molar refractivity (Wildman–Crippen MR) is 73.0 cm³/mol. The number of nitrogens with zero attached hydrogens (tertiary/aromatic N) is 1. The first kappa shape index (κ1) is 12.8. The van der Waals surface area contributed by atoms with Crippen LogP contribution in [0.3, 0.4) is 0 Å². The van der Waals surface area contributed by atoms with E-state index < -0.39 is 0 Å². The Balaban J connectivity index is 1.98. The van der Waals surface area contributed by atoms with Crippen LogP contribution in [0.25, 0.3) is 0 Å². The Labute approximate surface area is 110 Å². The monoisotopic (exact) mass is 300 g/mol. The maximum absolute atomic E-state index is 13.2. The van der Waals surface area contributed by atoms with Gasteiger partial charge in [-0.2, -0.15) is 0 Å². The molecular formula is C13H18BrFN2. The molecule has 1 saturated heterocycles. The summed E-state index contributed by atoms with van der Waals surface area (Å²) in [4.78, 5) is 2.32. The van der Waals surface area contributed by atoms with Gasteiger partial charge in [0, 0.05) is 24.8 Å². The van der Waals surface area contributed by atoms with E-state index in [1.54, 1.807) is 0 Å². The van der Waals surface area contributed by atoms with E-state index in [9.17, 15) is 4.39 Å². The number of hydrogen-bond donors (Lipinski definition) is 1. The summed E-state index contributed by atoms with van der Waals surface area (Å²) >= 11 is 3.24. The van der Waals surface area contributed by atoms with Gasteiger partial charge in [-0.3, -0.25) is 0 Å². The number of halogens is 2. The van der Waals surface area contributed by atoms with Crippen molar-refractivity contribution in [3.8, 4) is 0 Å². The number of nitrogens with one attached hydrogen (secondary N) is 1. The number of piperidine rings is 1. The fourth-order valence-electron chi connectivity index (χ4n) is 2.31. The van der Waals surface area contributed by atoms with Crippen LogP contribution in [0.5, 0.6) is 0 Å². The molecule has 0 aromatic heterocycles. The van der Waals surface area contributed by atoms with E-state index in [0.717, 1.165) is 38.2 Å². The third-order valence-electron chi connectivity index (χ3n) is 3.26. The van der Waals surface area contributed by atoms with Gasteiger partial charge in [-0.25, -0.2) is 4.39 Å². The van der Waals surface area contributed by atoms with E-state index in [-0.39, 0.29) is 5.82 Å². The summed E-state index contributed by atoms with van der Waals surface area (Å²) in [7, 11) is 0. The van der Waals surface area contributed by atoms with Crippen molar-refractivity contribution in [1.29, 1.82) is 0 Å². The highest BCUT2D eigenvalue weighted by Gasteiger charge is 2.18. The summed E-state index contributed by atoms with van der Waals surface area (Å²) < 4.78 is 13.7. The van der Waals surface area contributed by atoms with Crippen molar-refractivity contribution in [3.63, 3.8) is 0 Å². The average Bonchev–Trinajstić information content (AvgIpc) is 2.34. The zero-order valence-electron chi connectivity index (χ0n) is 10.0. The second kappa shape index (κ2) is 5.83. The summed E-state index contributed by atoms with van der Waals surface area (Å²) in [6, 6.07) is 5.88. The molecule has 0 aliphatic carbocycles. The lowest BCUT2D eigenvalue weighted by Crippen LogP contribution is -2.42. The number of hydrogen-bond acceptors (Lipinski definition) is 2. The van der Waals surface area contributed by atoms with Crippen molar-refractivity contribution in [2.75, 3.05) is 24.5 Å². The van der Waals surface area contributed by atoms with Crippen molar-refractivity contribution in [1.82, 2.24) is 5.32 Å². The minimum absolute atomic E-state index is 0.198. The standard InChI is InChI=1S/C13H18BrFN2/c1-2-16-10-5-7-17(8-6-10)11-3-4-13(15)12(14)9-11/h3-4,9-10,16H,2,5-8H2,1H3. The Kier molecular flexibility index (Phi) is 4.40. The van der Waals surface area contributed by atoms with Gasteiger partial charge in [-0.05, 0) is 53.5 Å². The third-order valence-corrected chi connectivity index (χ3v) is 3.86. The lowest BCUT2D eigenvalue weighted by atomic mass is 10.0. The zero-order chi connectivity index (χ0) is 12.3. The van der Waals surface area contributed by atoms with Gasteiger partial charge in [0.05, 0.1) is 4.47 Å². The molecule has 0 radical (unpaired) electrons. The van der Waals surface area contributed by atoms with Gasteiger partial charge in [0.15, 0.2) is 0 Å². The normalized spacial score (nSPS) is 17.5. The summed E-state index contributed by atoms with van der Waals surface area (Å²) in [5, 5.41) is 3.48. The maximum Gasteiger partial charge on any atom is 0.137 e. The van der Waals surface area contributed by atoms with E-state index >= 15 is 0 Å². The second-order valence-electron chi connectivity index (χ2n) is 4.42. The first-order valence-electron chi connectivity index (χ1n) is 6.14. The van der Waals surface area contributed by atoms with Crippen molar-refractivity contribution >= 4 is 21.6 Å². The van der Waals surface area contributed by atoms with Gasteiger partial charge in [0.25, 0.3) is 0 Å². The van der Waals surface area contributed by atoms with Crippen LogP contribution in [-0.4, -0.2) is 25.7 Å². The molecule has 2 rings (SSSR count). The molecule has 0 bridgehead atoms. The molecule has 1 aliphatic heterocycles. The predicted octanol–water partition coefficient (Wildman–Crippen LogP) is 3.17. The van der Waals surface area contributed by atoms with Crippen LogP contribution in [0, 0.1) is 5.82 Å². The van der Waals surface area contributed by atoms with Gasteiger partial charge in [-0.1, -0.05) is 6.92 Å². The topological polar surface area (TPSA) is 15.3 Å². The Morgan fingerprint density at radius 3 is 2.71 bits per heavy atom. The summed E-state index contributed by atoms with van der Waals surface area (Å²) in [5.41, 5.74) is 1.10. The smallest absolute Gasteiger partial charge is 0.137 e. The van der Waals surface area contributed by atoms with Crippen molar-refractivity contribution < 1.29 is 4.39 Å². The van der Waals surface area contributed by atoms with Crippen LogP contribution in [0.2, 0.25) is 0 Å². The van der Waals surface area contributed by atoms with Crippen molar-refractivity contribution in [2.24, 2.45) is 0 Å². The molecule has 1 heterocycles. The first-order valence-corrected chi connectivity index (χ1v) is 6.93. The highest BCUT2D eigenvalue weighted by atomic mass is 79.9. The van der Waals surface area contributed by atoms with E-state index in [4.69, 9.17) is 0 Å². The van der Waals surface area contributed by atoms with Gasteiger partial charge in [-0.15, -0.1) is 0 Å². The highest BCUT2D eigenvalue weighted by Crippen LogP contribution is 2.25. The first-order chi connectivity index (χ1) is 8.20. The van der Waals surface area contributed by atoms with Gasteiger partial charge >= 0.3 is 0 Å². The molecule has 1 fully saturated rings. The quantitative estimate of drug-likeness (QED) is 0.922. The molecular weight excluding hydrogens is 283 g/mol. The Morgan fingerprint density at radius 2 is 2.12 bits per heavy atom. The van der Waals surface area contributed by atoms with Gasteiger partial charge in [0.2, 0.25) is 0 Å². The SMILES string of the molecule is CCNC1CCN(c2ccc(F)c(Br)c2)CC1. The van der Waals surface area contributed by atoms with Crippen LogP contribution in [-0.2, 0) is 0 Å². The molecule has 1 N–H and O–H groups in total. The minimum Gasteiger partial charge on any atom is -0.371 e. The molecule has 0 saturated carbocycles. The van der Waals surface area contributed by atoms with E-state index in [2.05, 4.69) is 33.1 Å². The van der Waals surface area contributed by atoms with Crippen LogP contribution < -0.4 is 10.2 Å². The lowest BCUT2D eigenvalue weighted by molar-refractivity contribution is 0.424. The third kappa shape index (κ3) is 3.19. The molecule has 0 amide bonds. The van der Waals surface area contributed by atoms with Gasteiger partial charge < -0.3 is 10.2 Å². The summed E-state index contributed by atoms with van der Waals surface area (Å²) in [6.45, 7) is 5.25. The summed E-state index contributed by atoms with van der Waals surface area (Å²) in [5.74, 6) is -0.198. The molecule has 0 spiro atoms. The molecule has 1 aromatic rings. The van der Waals surface area contributed by atoms with Crippen LogP contribution in [0.4, 0.5) is 10.1 Å². The van der Waals surface area contributed by atoms with Gasteiger partial charge in [0.1, 0.15) is 5.82 Å². The van der Waals surface area contributed by atoms with E-state index in [1.807, 2.05) is 12.1 Å². The average molecular weight is 301 g/mol. The molecule has 94 valence electrons. The number of benzene rings is 1. The maximum atomic E-state index is 13.2. The second-order valence-corrected chi connectivity index (χ2v) is 5.27. The molecule has 17 heavy (non-hydrogen) atoms. The zero-order valence-corrected chi connectivity index (χ0v) is 11.6. The molecule has 2 nitrogen and oxygen atoms in total. The van der Waals surface area contributed by atoms with Crippen molar-refractivity contribution in [2.45, 2.75) is 25.8 Å². The molecule has 0 unspecified atom stereocenters. The lowest BCUT2D eigenvalue weighted by Gasteiger charge is -2.34. The largest absolute Gasteiger partial charge is 0.371 e. The molecule has 1 aromatic carbocycles. The van der Waals surface area contributed by atoms with Crippen molar-refractivity contribution in [3.05, 3.63) is 28.5 Å². The van der Waals surface area contributed by atoms with Crippen LogP contribution >= 0.6 is 15.9 Å². The Morgan fingerprint density at radius 1 is 1.41 bits per heavy atom. The number of rotatable bonds is 3. The fraction of sp³-hybridized carbons (Fsp3) is 0.538. The van der Waals surface area contributed by atoms with Crippen LogP contribution in [0.1, 0.15) is 19.8 Å². The molecule has 0 atom stereocenters. The van der Waals surface area contributed by atoms with E-state index in [1.165, 1.54) is 6.07 Å². The highest BCUT2D eigenvalue weighted by molar-refractivity contribution is 9.10. The molecule has 1 aliphatic rings. The minimum atomic E-state index is -0.198. The Hall–Kier alpha value is -0.610. The fourth-order valence-corrected chi connectivity index (χ4v) is 2.68. The number of anilines is 1. The molecule has 4 heteroatoms.